The molecular weight excluding hydrogens is 468 g/mol. The standard InChI is InChI=1S/C20H32N6O9/c21-10(3-6-14(22)27)17(31)24-11(5-8-16(29)30)18(32)25-12(4-7-15(23)28)19(33)26-9-1-2-13(26)20(34)35/h10-13H,1-9,21H2,(H2,22,27)(H2,23,28)(H,24,31)(H,25,32)(H,29,30)(H,34,35). The predicted octanol–water partition coefficient (Wildman–Crippen LogP) is -3.25. The second kappa shape index (κ2) is 13.8. The zero-order chi connectivity index (χ0) is 26.7. The number of carboxylic acids is 2. The van der Waals surface area contributed by atoms with Crippen LogP contribution in [0.5, 0.6) is 0 Å². The van der Waals surface area contributed by atoms with E-state index in [2.05, 4.69) is 10.6 Å². The number of nitrogens with two attached hydrogens (primary N) is 3. The van der Waals surface area contributed by atoms with Crippen molar-refractivity contribution in [3.63, 3.8) is 0 Å². The Balaban J connectivity index is 3.02. The number of likely N-dealkylation sites (tertiary alicyclic amines) is 1. The third kappa shape index (κ3) is 9.95. The Morgan fingerprint density at radius 2 is 1.37 bits per heavy atom. The van der Waals surface area contributed by atoms with Crippen LogP contribution in [0.2, 0.25) is 0 Å². The first-order valence-electron chi connectivity index (χ1n) is 11.0. The molecule has 0 aromatic rings. The Kier molecular flexibility index (Phi) is 11.6. The molecule has 15 heteroatoms. The molecule has 0 bridgehead atoms. The van der Waals surface area contributed by atoms with Gasteiger partial charge in [0.05, 0.1) is 6.04 Å². The number of carbonyl (C=O) groups excluding carboxylic acids is 5. The van der Waals surface area contributed by atoms with Gasteiger partial charge >= 0.3 is 11.9 Å². The van der Waals surface area contributed by atoms with E-state index in [4.69, 9.17) is 22.3 Å². The number of nitrogens with one attached hydrogen (secondary N) is 2. The van der Waals surface area contributed by atoms with E-state index in [0.29, 0.717) is 6.42 Å². The van der Waals surface area contributed by atoms with Crippen LogP contribution in [0.25, 0.3) is 0 Å². The lowest BCUT2D eigenvalue weighted by molar-refractivity contribution is -0.149. The molecule has 1 rings (SSSR count). The quantitative estimate of drug-likeness (QED) is 0.118. The van der Waals surface area contributed by atoms with Crippen molar-refractivity contribution in [2.24, 2.45) is 17.2 Å². The molecule has 1 fully saturated rings. The summed E-state index contributed by atoms with van der Waals surface area (Å²) in [6, 6.07) is -5.07. The number of nitrogens with zero attached hydrogens (tertiary/aromatic N) is 1. The summed E-state index contributed by atoms with van der Waals surface area (Å²) >= 11 is 0. The van der Waals surface area contributed by atoms with Crippen LogP contribution in [0.15, 0.2) is 0 Å². The van der Waals surface area contributed by atoms with Crippen molar-refractivity contribution in [3.05, 3.63) is 0 Å². The van der Waals surface area contributed by atoms with Crippen molar-refractivity contribution >= 4 is 41.5 Å². The van der Waals surface area contributed by atoms with Gasteiger partial charge in [0.15, 0.2) is 0 Å². The van der Waals surface area contributed by atoms with Gasteiger partial charge in [-0.25, -0.2) is 4.79 Å². The van der Waals surface area contributed by atoms with Gasteiger partial charge in [0.25, 0.3) is 0 Å². The molecule has 4 unspecified atom stereocenters. The van der Waals surface area contributed by atoms with Crippen LogP contribution in [-0.2, 0) is 33.6 Å². The van der Waals surface area contributed by atoms with Gasteiger partial charge in [0, 0.05) is 25.8 Å². The highest BCUT2D eigenvalue weighted by Crippen LogP contribution is 2.19. The average molecular weight is 501 g/mol. The van der Waals surface area contributed by atoms with Crippen LogP contribution in [0.3, 0.4) is 0 Å². The Morgan fingerprint density at radius 1 is 0.829 bits per heavy atom. The minimum atomic E-state index is -1.42. The maximum absolute atomic E-state index is 13.0. The normalized spacial score (nSPS) is 17.6. The van der Waals surface area contributed by atoms with E-state index in [9.17, 15) is 38.7 Å². The lowest BCUT2D eigenvalue weighted by Crippen LogP contribution is -2.57. The van der Waals surface area contributed by atoms with E-state index >= 15 is 0 Å². The molecule has 5 amide bonds. The zero-order valence-corrected chi connectivity index (χ0v) is 19.1. The maximum Gasteiger partial charge on any atom is 0.326 e. The smallest absolute Gasteiger partial charge is 0.326 e. The van der Waals surface area contributed by atoms with Gasteiger partial charge in [-0.2, -0.15) is 0 Å². The summed E-state index contributed by atoms with van der Waals surface area (Å²) < 4.78 is 0. The lowest BCUT2D eigenvalue weighted by Gasteiger charge is -2.28. The summed E-state index contributed by atoms with van der Waals surface area (Å²) in [4.78, 5) is 84.1. The van der Waals surface area contributed by atoms with Crippen LogP contribution >= 0.6 is 0 Å². The summed E-state index contributed by atoms with van der Waals surface area (Å²) in [6.45, 7) is 0.132. The van der Waals surface area contributed by atoms with Gasteiger partial charge in [-0.15, -0.1) is 0 Å². The highest BCUT2D eigenvalue weighted by molar-refractivity contribution is 5.94. The average Bonchev–Trinajstić information content (AvgIpc) is 3.26. The van der Waals surface area contributed by atoms with Gasteiger partial charge in [-0.3, -0.25) is 28.8 Å². The molecule has 1 aliphatic heterocycles. The highest BCUT2D eigenvalue weighted by Gasteiger charge is 2.38. The topological polar surface area (TPSA) is 265 Å². The number of rotatable bonds is 15. The van der Waals surface area contributed by atoms with Gasteiger partial charge in [0.2, 0.25) is 29.5 Å². The fraction of sp³-hybridized carbons (Fsp3) is 0.650. The molecular formula is C20H32N6O9. The molecule has 0 saturated carbocycles. The number of hydrogen-bond donors (Lipinski definition) is 7. The van der Waals surface area contributed by atoms with E-state index in [1.165, 1.54) is 0 Å². The Labute approximate surface area is 200 Å². The summed E-state index contributed by atoms with van der Waals surface area (Å²) in [5, 5.41) is 23.0. The number of hydrogen-bond acceptors (Lipinski definition) is 8. The molecule has 196 valence electrons. The minimum Gasteiger partial charge on any atom is -0.481 e. The number of primary amides is 2. The zero-order valence-electron chi connectivity index (χ0n) is 19.1. The largest absolute Gasteiger partial charge is 0.481 e. The number of amides is 5. The highest BCUT2D eigenvalue weighted by atomic mass is 16.4. The molecule has 1 aliphatic rings. The summed E-state index contributed by atoms with van der Waals surface area (Å²) in [5.41, 5.74) is 15.9. The number of aliphatic carboxylic acids is 2. The predicted molar refractivity (Wildman–Crippen MR) is 118 cm³/mol. The Morgan fingerprint density at radius 3 is 1.91 bits per heavy atom. The van der Waals surface area contributed by atoms with E-state index in [1.807, 2.05) is 0 Å². The summed E-state index contributed by atoms with van der Waals surface area (Å²) in [7, 11) is 0. The van der Waals surface area contributed by atoms with Crippen LogP contribution in [0, 0.1) is 0 Å². The van der Waals surface area contributed by atoms with E-state index in [-0.39, 0.29) is 45.1 Å². The monoisotopic (exact) mass is 500 g/mol. The van der Waals surface area contributed by atoms with Crippen molar-refractivity contribution in [3.8, 4) is 0 Å². The number of carbonyl (C=O) groups is 7. The molecule has 10 N–H and O–H groups in total. The maximum atomic E-state index is 13.0. The molecule has 1 saturated heterocycles. The van der Waals surface area contributed by atoms with Crippen LogP contribution in [0.4, 0.5) is 0 Å². The van der Waals surface area contributed by atoms with Crippen molar-refractivity contribution in [1.82, 2.24) is 15.5 Å². The van der Waals surface area contributed by atoms with E-state index in [0.717, 1.165) is 4.90 Å². The van der Waals surface area contributed by atoms with Crippen molar-refractivity contribution in [1.29, 1.82) is 0 Å². The molecule has 15 nitrogen and oxygen atoms in total. The third-order valence-corrected chi connectivity index (χ3v) is 5.43. The van der Waals surface area contributed by atoms with Gasteiger partial charge in [-0.05, 0) is 32.1 Å². The Bertz CT molecular complexity index is 849. The summed E-state index contributed by atoms with van der Waals surface area (Å²) in [5.74, 6) is -6.44. The molecule has 1 heterocycles. The first kappa shape index (κ1) is 29.3. The van der Waals surface area contributed by atoms with Gasteiger partial charge in [0.1, 0.15) is 18.1 Å². The van der Waals surface area contributed by atoms with Crippen LogP contribution < -0.4 is 27.8 Å². The van der Waals surface area contributed by atoms with Gasteiger partial charge < -0.3 is 42.9 Å². The molecule has 0 aliphatic carbocycles. The molecule has 0 radical (unpaired) electrons. The molecule has 0 aromatic heterocycles. The van der Waals surface area contributed by atoms with E-state index in [1.54, 1.807) is 0 Å². The second-order valence-corrected chi connectivity index (χ2v) is 8.20. The second-order valence-electron chi connectivity index (χ2n) is 8.20. The van der Waals surface area contributed by atoms with Crippen molar-refractivity contribution in [2.75, 3.05) is 6.54 Å². The molecule has 0 spiro atoms. The lowest BCUT2D eigenvalue weighted by atomic mass is 10.1. The molecule has 0 aromatic carbocycles. The van der Waals surface area contributed by atoms with E-state index < -0.39 is 72.1 Å². The fourth-order valence-electron chi connectivity index (χ4n) is 3.55. The van der Waals surface area contributed by atoms with Crippen molar-refractivity contribution < 1.29 is 43.8 Å². The summed E-state index contributed by atoms with van der Waals surface area (Å²) in [6.07, 6.45) is -1.05. The van der Waals surface area contributed by atoms with Crippen LogP contribution in [-0.4, -0.2) is 87.3 Å². The van der Waals surface area contributed by atoms with Crippen molar-refractivity contribution in [2.45, 2.75) is 75.5 Å². The Hall–Kier alpha value is -3.75. The SMILES string of the molecule is NC(=O)CCC(N)C(=O)NC(CCC(=O)O)C(=O)NC(CCC(N)=O)C(=O)N1CCCC1C(=O)O. The van der Waals surface area contributed by atoms with Crippen LogP contribution in [0.1, 0.15) is 51.4 Å². The first-order valence-corrected chi connectivity index (χ1v) is 11.0. The van der Waals surface area contributed by atoms with Gasteiger partial charge in [-0.1, -0.05) is 0 Å². The molecule has 35 heavy (non-hydrogen) atoms. The first-order chi connectivity index (χ1) is 16.3. The fourth-order valence-corrected chi connectivity index (χ4v) is 3.55. The molecule has 4 atom stereocenters. The number of carboxylic acid groups (broad SMARTS) is 2. The third-order valence-electron chi connectivity index (χ3n) is 5.43. The minimum absolute atomic E-state index is 0.111.